The summed E-state index contributed by atoms with van der Waals surface area (Å²) in [5.41, 5.74) is 6.69. The summed E-state index contributed by atoms with van der Waals surface area (Å²) in [4.78, 5) is 0. The van der Waals surface area contributed by atoms with Gasteiger partial charge in [-0.3, -0.25) is 0 Å². The van der Waals surface area contributed by atoms with Crippen LogP contribution < -0.4 is 16.1 Å². The zero-order valence-electron chi connectivity index (χ0n) is 6.73. The van der Waals surface area contributed by atoms with Gasteiger partial charge in [0.05, 0.1) is 11.3 Å². The number of hydrogen-bond donors (Lipinski definition) is 2. The largest absolute Gasteiger partial charge is 0.244 e. The lowest BCUT2D eigenvalue weighted by atomic mass is 10.2. The lowest BCUT2D eigenvalue weighted by Gasteiger charge is -2.14. The maximum Gasteiger partial charge on any atom is 0.133 e. The maximum absolute atomic E-state index is 8.81. The molecule has 0 unspecified atom stereocenters. The highest BCUT2D eigenvalue weighted by Gasteiger charge is 2.10. The smallest absolute Gasteiger partial charge is 0.133 e. The van der Waals surface area contributed by atoms with Gasteiger partial charge in [-0.2, -0.15) is 10.4 Å². The second kappa shape index (κ2) is 3.13. The van der Waals surface area contributed by atoms with E-state index in [4.69, 9.17) is 5.26 Å². The molecule has 5 heteroatoms. The van der Waals surface area contributed by atoms with Crippen LogP contribution in [0.15, 0.2) is 29.4 Å². The Balaban J connectivity index is 2.39. The van der Waals surface area contributed by atoms with Crippen molar-refractivity contribution in [1.82, 2.24) is 11.1 Å². The maximum atomic E-state index is 8.81. The fraction of sp³-hybridized carbons (Fsp3) is 0. The molecule has 1 aromatic carbocycles. The molecule has 1 aromatic rings. The minimum absolute atomic E-state index is 0.602. The third-order valence-electron chi connectivity index (χ3n) is 1.69. The first kappa shape index (κ1) is 7.58. The Morgan fingerprint density at radius 3 is 2.92 bits per heavy atom. The number of rotatable bonds is 1. The van der Waals surface area contributed by atoms with E-state index in [1.165, 1.54) is 0 Å². The monoisotopic (exact) mass is 173 g/mol. The molecule has 2 rings (SSSR count). The summed E-state index contributed by atoms with van der Waals surface area (Å²) in [6.07, 6.45) is 1.57. The molecule has 0 atom stereocenters. The van der Waals surface area contributed by atoms with Crippen molar-refractivity contribution in [2.45, 2.75) is 0 Å². The van der Waals surface area contributed by atoms with E-state index in [0.29, 0.717) is 5.56 Å². The Bertz CT molecular complexity index is 378. The van der Waals surface area contributed by atoms with Gasteiger partial charge in [0.15, 0.2) is 0 Å². The van der Waals surface area contributed by atoms with E-state index in [9.17, 15) is 0 Å². The summed E-state index contributed by atoms with van der Waals surface area (Å²) in [5, 5.41) is 14.2. The molecule has 2 N–H and O–H groups in total. The van der Waals surface area contributed by atoms with Crippen LogP contribution in [0.25, 0.3) is 0 Å². The predicted octanol–water partition coefficient (Wildman–Crippen LogP) is 0.331. The molecule has 0 aromatic heterocycles. The van der Waals surface area contributed by atoms with Gasteiger partial charge in [-0.15, -0.1) is 5.53 Å². The predicted molar refractivity (Wildman–Crippen MR) is 48.4 cm³/mol. The van der Waals surface area contributed by atoms with E-state index in [1.54, 1.807) is 17.4 Å². The Morgan fingerprint density at radius 1 is 1.38 bits per heavy atom. The number of hydrazone groups is 1. The van der Waals surface area contributed by atoms with Gasteiger partial charge in [0, 0.05) is 0 Å². The Kier molecular flexibility index (Phi) is 1.82. The molecular formula is C8H7N5. The van der Waals surface area contributed by atoms with Gasteiger partial charge < -0.3 is 0 Å². The molecule has 1 aliphatic heterocycles. The van der Waals surface area contributed by atoms with Crippen LogP contribution in [0.1, 0.15) is 5.56 Å². The molecular weight excluding hydrogens is 166 g/mol. The number of benzene rings is 1. The van der Waals surface area contributed by atoms with Crippen molar-refractivity contribution in [1.29, 1.82) is 5.26 Å². The van der Waals surface area contributed by atoms with Crippen molar-refractivity contribution in [3.05, 3.63) is 29.8 Å². The molecule has 1 aliphatic rings. The zero-order valence-corrected chi connectivity index (χ0v) is 6.73. The molecule has 0 saturated heterocycles. The van der Waals surface area contributed by atoms with Crippen LogP contribution in [0.4, 0.5) is 5.69 Å². The zero-order chi connectivity index (χ0) is 9.10. The van der Waals surface area contributed by atoms with Crippen LogP contribution in [0, 0.1) is 11.3 Å². The van der Waals surface area contributed by atoms with E-state index in [-0.39, 0.29) is 0 Å². The lowest BCUT2D eigenvalue weighted by Crippen LogP contribution is -2.37. The quantitative estimate of drug-likeness (QED) is 0.642. The third kappa shape index (κ3) is 1.30. The summed E-state index contributed by atoms with van der Waals surface area (Å²) < 4.78 is 0. The standard InChI is InChI=1S/C8H7N5/c9-5-7-3-1-2-4-8(7)13-6-10-11-12-13/h1-4,6,11-12H. The average molecular weight is 173 g/mol. The van der Waals surface area contributed by atoms with Crippen LogP contribution in [0.3, 0.4) is 0 Å². The Labute approximate surface area is 75.2 Å². The summed E-state index contributed by atoms with van der Waals surface area (Å²) in [5.74, 6) is 0. The lowest BCUT2D eigenvalue weighted by molar-refractivity contribution is 0.623. The van der Waals surface area contributed by atoms with Crippen molar-refractivity contribution in [2.24, 2.45) is 5.10 Å². The van der Waals surface area contributed by atoms with E-state index in [1.807, 2.05) is 18.2 Å². The summed E-state index contributed by atoms with van der Waals surface area (Å²) in [7, 11) is 0. The van der Waals surface area contributed by atoms with Crippen LogP contribution in [-0.4, -0.2) is 6.34 Å². The van der Waals surface area contributed by atoms with Crippen molar-refractivity contribution in [3.63, 3.8) is 0 Å². The number of hydrogen-bond acceptors (Lipinski definition) is 5. The molecule has 13 heavy (non-hydrogen) atoms. The molecule has 0 spiro atoms. The second-order valence-corrected chi connectivity index (χ2v) is 2.47. The van der Waals surface area contributed by atoms with Gasteiger partial charge >= 0.3 is 0 Å². The van der Waals surface area contributed by atoms with E-state index in [2.05, 4.69) is 22.2 Å². The van der Waals surface area contributed by atoms with Gasteiger partial charge in [0.25, 0.3) is 0 Å². The number of para-hydroxylation sites is 1. The molecule has 0 fully saturated rings. The third-order valence-corrected chi connectivity index (χ3v) is 1.69. The average Bonchev–Trinajstić information content (AvgIpc) is 2.70. The molecule has 0 radical (unpaired) electrons. The SMILES string of the molecule is N#Cc1ccccc1N1C=NNN1. The Hall–Kier alpha value is -2.06. The van der Waals surface area contributed by atoms with Gasteiger partial charge in [0.2, 0.25) is 0 Å². The number of hydrazine groups is 2. The van der Waals surface area contributed by atoms with Gasteiger partial charge in [-0.25, -0.2) is 10.5 Å². The van der Waals surface area contributed by atoms with Crippen LogP contribution in [-0.2, 0) is 0 Å². The molecule has 0 aliphatic carbocycles. The number of nitriles is 1. The molecule has 1 heterocycles. The highest BCUT2D eigenvalue weighted by molar-refractivity contribution is 5.81. The van der Waals surface area contributed by atoms with Crippen LogP contribution in [0.2, 0.25) is 0 Å². The van der Waals surface area contributed by atoms with Crippen LogP contribution in [0.5, 0.6) is 0 Å². The fourth-order valence-corrected chi connectivity index (χ4v) is 1.10. The number of nitrogens with zero attached hydrogens (tertiary/aromatic N) is 3. The molecule has 0 amide bonds. The first-order valence-electron chi connectivity index (χ1n) is 3.74. The molecule has 0 saturated carbocycles. The Morgan fingerprint density at radius 2 is 2.23 bits per heavy atom. The number of nitrogens with one attached hydrogen (secondary N) is 2. The van der Waals surface area contributed by atoms with Crippen molar-refractivity contribution >= 4 is 12.0 Å². The summed E-state index contributed by atoms with van der Waals surface area (Å²) >= 11 is 0. The number of anilines is 1. The van der Waals surface area contributed by atoms with Crippen LogP contribution >= 0.6 is 0 Å². The molecule has 5 nitrogen and oxygen atoms in total. The molecule has 0 bridgehead atoms. The fourth-order valence-electron chi connectivity index (χ4n) is 1.10. The van der Waals surface area contributed by atoms with E-state index >= 15 is 0 Å². The second-order valence-electron chi connectivity index (χ2n) is 2.47. The first-order chi connectivity index (χ1) is 6.42. The minimum Gasteiger partial charge on any atom is -0.244 e. The van der Waals surface area contributed by atoms with Crippen molar-refractivity contribution in [3.8, 4) is 6.07 Å². The van der Waals surface area contributed by atoms with E-state index in [0.717, 1.165) is 5.69 Å². The van der Waals surface area contributed by atoms with Crippen molar-refractivity contribution < 1.29 is 0 Å². The van der Waals surface area contributed by atoms with Gasteiger partial charge in [-0.05, 0) is 12.1 Å². The highest BCUT2D eigenvalue weighted by Crippen LogP contribution is 2.16. The molecule has 64 valence electrons. The van der Waals surface area contributed by atoms with E-state index < -0.39 is 0 Å². The van der Waals surface area contributed by atoms with Gasteiger partial charge in [-0.1, -0.05) is 12.1 Å². The summed E-state index contributed by atoms with van der Waals surface area (Å²) in [6.45, 7) is 0. The minimum atomic E-state index is 0.602. The van der Waals surface area contributed by atoms with Crippen molar-refractivity contribution in [2.75, 3.05) is 5.01 Å². The van der Waals surface area contributed by atoms with Gasteiger partial charge in [0.1, 0.15) is 12.4 Å². The highest BCUT2D eigenvalue weighted by atomic mass is 15.8. The topological polar surface area (TPSA) is 63.5 Å². The first-order valence-corrected chi connectivity index (χ1v) is 3.74. The normalized spacial score (nSPS) is 13.9. The summed E-state index contributed by atoms with van der Waals surface area (Å²) in [6, 6.07) is 9.38.